The van der Waals surface area contributed by atoms with E-state index >= 15 is 0 Å². The molecule has 0 radical (unpaired) electrons. The topological polar surface area (TPSA) is 44.0 Å². The summed E-state index contributed by atoms with van der Waals surface area (Å²) in [5.41, 5.74) is 1.16. The van der Waals surface area contributed by atoms with Crippen molar-refractivity contribution in [2.45, 2.75) is 32.9 Å². The van der Waals surface area contributed by atoms with Crippen LogP contribution in [0.1, 0.15) is 25.4 Å². The van der Waals surface area contributed by atoms with Crippen LogP contribution in [0.4, 0.5) is 0 Å². The molecule has 0 amide bonds. The van der Waals surface area contributed by atoms with Gasteiger partial charge in [-0.3, -0.25) is 0 Å². The maximum atomic E-state index is 4.34. The minimum absolute atomic E-state index is 0.513. The molecule has 0 atom stereocenters. The van der Waals surface area contributed by atoms with Crippen molar-refractivity contribution >= 4 is 0 Å². The molecular formula is C11H22N4. The van der Waals surface area contributed by atoms with Gasteiger partial charge in [-0.1, -0.05) is 13.8 Å². The van der Waals surface area contributed by atoms with Gasteiger partial charge < -0.3 is 15.2 Å². The van der Waals surface area contributed by atoms with Gasteiger partial charge in [-0.25, -0.2) is 4.98 Å². The molecule has 0 aliphatic heterocycles. The van der Waals surface area contributed by atoms with Crippen molar-refractivity contribution in [3.05, 3.63) is 17.7 Å². The van der Waals surface area contributed by atoms with Crippen LogP contribution in [0, 0.1) is 0 Å². The minimum Gasteiger partial charge on any atom is -0.345 e. The number of likely N-dealkylation sites (N-methyl/N-ethyl adjacent to an activating group) is 1. The molecule has 0 saturated heterocycles. The highest BCUT2D eigenvalue weighted by Gasteiger charge is 2.01. The lowest BCUT2D eigenvalue weighted by atomic mass is 10.3. The van der Waals surface area contributed by atoms with Gasteiger partial charge in [0.2, 0.25) is 0 Å². The van der Waals surface area contributed by atoms with Crippen molar-refractivity contribution in [3.8, 4) is 0 Å². The summed E-state index contributed by atoms with van der Waals surface area (Å²) in [5, 5.41) is 3.36. The molecular weight excluding hydrogens is 188 g/mol. The van der Waals surface area contributed by atoms with E-state index in [4.69, 9.17) is 0 Å². The first-order valence-corrected chi connectivity index (χ1v) is 5.49. The Hall–Kier alpha value is -0.870. The van der Waals surface area contributed by atoms with Gasteiger partial charge in [0, 0.05) is 37.4 Å². The summed E-state index contributed by atoms with van der Waals surface area (Å²) in [6.07, 6.45) is 2.90. The van der Waals surface area contributed by atoms with E-state index in [0.29, 0.717) is 6.04 Å². The molecule has 15 heavy (non-hydrogen) atoms. The molecule has 0 unspecified atom stereocenters. The number of imidazole rings is 1. The number of hydrogen-bond acceptors (Lipinski definition) is 3. The van der Waals surface area contributed by atoms with E-state index in [1.54, 1.807) is 0 Å². The van der Waals surface area contributed by atoms with E-state index in [0.717, 1.165) is 31.0 Å². The van der Waals surface area contributed by atoms with Crippen LogP contribution < -0.4 is 5.32 Å². The highest BCUT2D eigenvalue weighted by molar-refractivity contribution is 5.01. The molecule has 0 fully saturated rings. The Morgan fingerprint density at radius 2 is 2.20 bits per heavy atom. The second-order valence-corrected chi connectivity index (χ2v) is 4.44. The van der Waals surface area contributed by atoms with Crippen molar-refractivity contribution in [2.75, 3.05) is 20.6 Å². The largest absolute Gasteiger partial charge is 0.345 e. The van der Waals surface area contributed by atoms with E-state index in [1.165, 1.54) is 0 Å². The molecule has 4 nitrogen and oxygen atoms in total. The summed E-state index contributed by atoms with van der Waals surface area (Å²) in [5.74, 6) is 1.07. The van der Waals surface area contributed by atoms with Gasteiger partial charge in [0.05, 0.1) is 0 Å². The zero-order chi connectivity index (χ0) is 11.3. The van der Waals surface area contributed by atoms with E-state index in [-0.39, 0.29) is 0 Å². The Morgan fingerprint density at radius 3 is 2.80 bits per heavy atom. The third kappa shape index (κ3) is 4.95. The fraction of sp³-hybridized carbons (Fsp3) is 0.727. The van der Waals surface area contributed by atoms with Gasteiger partial charge in [0.25, 0.3) is 0 Å². The van der Waals surface area contributed by atoms with Crippen molar-refractivity contribution in [1.29, 1.82) is 0 Å². The molecule has 0 spiro atoms. The first kappa shape index (κ1) is 12.2. The third-order valence-corrected chi connectivity index (χ3v) is 2.18. The number of hydrogen-bond donors (Lipinski definition) is 2. The third-order valence-electron chi connectivity index (χ3n) is 2.18. The van der Waals surface area contributed by atoms with Crippen molar-refractivity contribution < 1.29 is 0 Å². The Kier molecular flexibility index (Phi) is 4.78. The molecule has 0 aliphatic carbocycles. The first-order chi connectivity index (χ1) is 7.08. The molecule has 86 valence electrons. The normalized spacial score (nSPS) is 11.6. The lowest BCUT2D eigenvalue weighted by molar-refractivity contribution is 0.410. The number of nitrogens with one attached hydrogen (secondary N) is 2. The quantitative estimate of drug-likeness (QED) is 0.736. The Morgan fingerprint density at radius 1 is 1.47 bits per heavy atom. The Labute approximate surface area is 92.1 Å². The summed E-state index contributed by atoms with van der Waals surface area (Å²) in [6.45, 7) is 6.18. The van der Waals surface area contributed by atoms with Gasteiger partial charge in [-0.2, -0.15) is 0 Å². The van der Waals surface area contributed by atoms with Crippen LogP contribution in [0.5, 0.6) is 0 Å². The van der Waals surface area contributed by atoms with Crippen molar-refractivity contribution in [3.63, 3.8) is 0 Å². The van der Waals surface area contributed by atoms with E-state index in [9.17, 15) is 0 Å². The smallest absolute Gasteiger partial charge is 0.107 e. The van der Waals surface area contributed by atoms with Crippen molar-refractivity contribution in [2.24, 2.45) is 0 Å². The highest BCUT2D eigenvalue weighted by Crippen LogP contribution is 1.98. The zero-order valence-electron chi connectivity index (χ0n) is 10.2. The molecule has 0 aliphatic rings. The Bertz CT molecular complexity index is 251. The lowest BCUT2D eigenvalue weighted by Crippen LogP contribution is -2.22. The molecule has 1 heterocycles. The molecule has 4 heteroatoms. The molecule has 1 aromatic heterocycles. The van der Waals surface area contributed by atoms with Gasteiger partial charge in [-0.15, -0.1) is 0 Å². The number of H-pyrrole nitrogens is 1. The van der Waals surface area contributed by atoms with E-state index in [1.807, 2.05) is 6.20 Å². The summed E-state index contributed by atoms with van der Waals surface area (Å²) < 4.78 is 0. The SMILES string of the molecule is CC(C)NCc1cnc(CCN(C)C)[nH]1. The van der Waals surface area contributed by atoms with Crippen LogP contribution in [0.15, 0.2) is 6.20 Å². The standard InChI is InChI=1S/C11H22N4/c1-9(2)12-7-10-8-13-11(14-10)5-6-15(3)4/h8-9,12H,5-7H2,1-4H3,(H,13,14). The monoisotopic (exact) mass is 210 g/mol. The van der Waals surface area contributed by atoms with Crippen LogP contribution in [-0.4, -0.2) is 41.5 Å². The molecule has 1 aromatic rings. The molecule has 2 N–H and O–H groups in total. The second-order valence-electron chi connectivity index (χ2n) is 4.44. The van der Waals surface area contributed by atoms with E-state index in [2.05, 4.69) is 48.1 Å². The first-order valence-electron chi connectivity index (χ1n) is 5.49. The second kappa shape index (κ2) is 5.88. The molecule has 0 aromatic carbocycles. The average Bonchev–Trinajstić information content (AvgIpc) is 2.59. The van der Waals surface area contributed by atoms with Crippen LogP contribution in [0.25, 0.3) is 0 Å². The summed E-state index contributed by atoms with van der Waals surface area (Å²) in [4.78, 5) is 9.83. The van der Waals surface area contributed by atoms with Crippen LogP contribution >= 0.6 is 0 Å². The number of aromatic nitrogens is 2. The molecule has 0 bridgehead atoms. The zero-order valence-corrected chi connectivity index (χ0v) is 10.2. The maximum absolute atomic E-state index is 4.34. The van der Waals surface area contributed by atoms with Gasteiger partial charge in [0.15, 0.2) is 0 Å². The van der Waals surface area contributed by atoms with Gasteiger partial charge >= 0.3 is 0 Å². The fourth-order valence-electron chi connectivity index (χ4n) is 1.27. The number of rotatable bonds is 6. The summed E-state index contributed by atoms with van der Waals surface area (Å²) in [6, 6.07) is 0.513. The lowest BCUT2D eigenvalue weighted by Gasteiger charge is -2.07. The molecule has 1 rings (SSSR count). The summed E-state index contributed by atoms with van der Waals surface area (Å²) >= 11 is 0. The van der Waals surface area contributed by atoms with Crippen LogP contribution in [0.3, 0.4) is 0 Å². The number of aromatic amines is 1. The molecule has 0 saturated carbocycles. The van der Waals surface area contributed by atoms with E-state index < -0.39 is 0 Å². The van der Waals surface area contributed by atoms with Crippen LogP contribution in [-0.2, 0) is 13.0 Å². The summed E-state index contributed by atoms with van der Waals surface area (Å²) in [7, 11) is 4.15. The van der Waals surface area contributed by atoms with Crippen LogP contribution in [0.2, 0.25) is 0 Å². The van der Waals surface area contributed by atoms with Gasteiger partial charge in [0.1, 0.15) is 5.82 Å². The number of nitrogens with zero attached hydrogens (tertiary/aromatic N) is 2. The maximum Gasteiger partial charge on any atom is 0.107 e. The van der Waals surface area contributed by atoms with Crippen molar-refractivity contribution in [1.82, 2.24) is 20.2 Å². The predicted octanol–water partition coefficient (Wildman–Crippen LogP) is 1.01. The average molecular weight is 210 g/mol. The van der Waals surface area contributed by atoms with Gasteiger partial charge in [-0.05, 0) is 14.1 Å². The highest BCUT2D eigenvalue weighted by atomic mass is 15.1. The fourth-order valence-corrected chi connectivity index (χ4v) is 1.27. The minimum atomic E-state index is 0.513. The Balaban J connectivity index is 2.35. The predicted molar refractivity (Wildman–Crippen MR) is 62.8 cm³/mol.